The molecule has 2 aromatic carbocycles. The van der Waals surface area contributed by atoms with Crippen LogP contribution in [0.15, 0.2) is 40.9 Å². The summed E-state index contributed by atoms with van der Waals surface area (Å²) in [6, 6.07) is 9.49. The summed E-state index contributed by atoms with van der Waals surface area (Å²) >= 11 is 3.28. The van der Waals surface area contributed by atoms with E-state index in [2.05, 4.69) is 26.6 Å². The summed E-state index contributed by atoms with van der Waals surface area (Å²) in [7, 11) is 0. The molecule has 0 unspecified atom stereocenters. The Labute approximate surface area is 130 Å². The molecule has 6 heteroatoms. The lowest BCUT2D eigenvalue weighted by Crippen LogP contribution is -2.22. The number of carbonyl (C=O) groups is 1. The van der Waals surface area contributed by atoms with Crippen molar-refractivity contribution in [2.45, 2.75) is 6.92 Å². The summed E-state index contributed by atoms with van der Waals surface area (Å²) < 4.78 is 14.4. The van der Waals surface area contributed by atoms with Crippen LogP contribution in [0.2, 0.25) is 0 Å². The number of para-hydroxylation sites is 1. The molecule has 2 rings (SSSR count). The van der Waals surface area contributed by atoms with Crippen LogP contribution in [0.5, 0.6) is 0 Å². The second kappa shape index (κ2) is 6.58. The zero-order valence-electron chi connectivity index (χ0n) is 11.4. The maximum absolute atomic E-state index is 13.8. The molecule has 1 amide bonds. The van der Waals surface area contributed by atoms with Gasteiger partial charge in [-0.05, 0) is 53.2 Å². The summed E-state index contributed by atoms with van der Waals surface area (Å²) in [4.78, 5) is 11.8. The predicted octanol–water partition coefficient (Wildman–Crippen LogP) is 3.66. The van der Waals surface area contributed by atoms with Crippen LogP contribution in [0, 0.1) is 5.82 Å². The number of hydrogen-bond donors (Lipinski definition) is 3. The zero-order chi connectivity index (χ0) is 15.4. The highest BCUT2D eigenvalue weighted by Gasteiger charge is 2.11. The van der Waals surface area contributed by atoms with Crippen molar-refractivity contribution >= 4 is 38.9 Å². The molecular weight excluding hydrogens is 337 g/mol. The van der Waals surface area contributed by atoms with Gasteiger partial charge >= 0.3 is 0 Å². The molecule has 0 atom stereocenters. The van der Waals surface area contributed by atoms with E-state index in [0.29, 0.717) is 28.0 Å². The SMILES string of the molecule is CCNC(=O)c1ccc(N)c(Nc2c(F)cccc2Br)c1. The van der Waals surface area contributed by atoms with Crippen LogP contribution in [0.1, 0.15) is 17.3 Å². The lowest BCUT2D eigenvalue weighted by atomic mass is 10.1. The van der Waals surface area contributed by atoms with Gasteiger partial charge in [0.25, 0.3) is 5.91 Å². The van der Waals surface area contributed by atoms with E-state index < -0.39 is 5.82 Å². The van der Waals surface area contributed by atoms with Crippen molar-refractivity contribution in [1.82, 2.24) is 5.32 Å². The number of benzene rings is 2. The first kappa shape index (κ1) is 15.3. The number of rotatable bonds is 4. The van der Waals surface area contributed by atoms with Crippen molar-refractivity contribution < 1.29 is 9.18 Å². The lowest BCUT2D eigenvalue weighted by molar-refractivity contribution is 0.0956. The Bertz CT molecular complexity index is 656. The molecule has 0 radical (unpaired) electrons. The number of hydrogen-bond acceptors (Lipinski definition) is 3. The number of nitrogens with two attached hydrogens (primary N) is 1. The fraction of sp³-hybridized carbons (Fsp3) is 0.133. The average molecular weight is 352 g/mol. The number of carbonyl (C=O) groups excluding carboxylic acids is 1. The quantitative estimate of drug-likeness (QED) is 0.736. The number of amides is 1. The van der Waals surface area contributed by atoms with Gasteiger partial charge in [-0.1, -0.05) is 6.07 Å². The van der Waals surface area contributed by atoms with Gasteiger partial charge in [-0.25, -0.2) is 4.39 Å². The van der Waals surface area contributed by atoms with Crippen molar-refractivity contribution in [3.63, 3.8) is 0 Å². The summed E-state index contributed by atoms with van der Waals surface area (Å²) in [6.07, 6.45) is 0. The molecular formula is C15H15BrFN3O. The Hall–Kier alpha value is -2.08. The van der Waals surface area contributed by atoms with Gasteiger partial charge in [-0.15, -0.1) is 0 Å². The van der Waals surface area contributed by atoms with E-state index in [9.17, 15) is 9.18 Å². The van der Waals surface area contributed by atoms with Crippen LogP contribution < -0.4 is 16.4 Å². The molecule has 0 spiro atoms. The summed E-state index contributed by atoms with van der Waals surface area (Å²) in [5.74, 6) is -0.611. The molecule has 110 valence electrons. The Morgan fingerprint density at radius 2 is 2.10 bits per heavy atom. The molecule has 0 fully saturated rings. The second-order valence-electron chi connectivity index (χ2n) is 4.38. The fourth-order valence-electron chi connectivity index (χ4n) is 1.82. The summed E-state index contributed by atoms with van der Waals surface area (Å²) in [5, 5.41) is 5.62. The molecule has 0 heterocycles. The predicted molar refractivity (Wildman–Crippen MR) is 86.2 cm³/mol. The molecule has 0 aromatic heterocycles. The van der Waals surface area contributed by atoms with Gasteiger partial charge < -0.3 is 16.4 Å². The zero-order valence-corrected chi connectivity index (χ0v) is 13.0. The topological polar surface area (TPSA) is 67.2 Å². The van der Waals surface area contributed by atoms with Crippen LogP contribution in [0.25, 0.3) is 0 Å². The molecule has 4 N–H and O–H groups in total. The maximum Gasteiger partial charge on any atom is 0.251 e. The molecule has 0 saturated carbocycles. The third kappa shape index (κ3) is 3.52. The number of nitrogen functional groups attached to an aromatic ring is 1. The largest absolute Gasteiger partial charge is 0.397 e. The van der Waals surface area contributed by atoms with Crippen molar-refractivity contribution in [2.24, 2.45) is 0 Å². The van der Waals surface area contributed by atoms with Gasteiger partial charge in [-0.2, -0.15) is 0 Å². The first-order valence-electron chi connectivity index (χ1n) is 6.41. The minimum Gasteiger partial charge on any atom is -0.397 e. The van der Waals surface area contributed by atoms with Crippen LogP contribution in [0.4, 0.5) is 21.5 Å². The summed E-state index contributed by atoms with van der Waals surface area (Å²) in [6.45, 7) is 2.37. The third-order valence-electron chi connectivity index (χ3n) is 2.88. The highest BCUT2D eigenvalue weighted by molar-refractivity contribution is 9.10. The molecule has 0 bridgehead atoms. The van der Waals surface area contributed by atoms with Gasteiger partial charge in [0.15, 0.2) is 0 Å². The lowest BCUT2D eigenvalue weighted by Gasteiger charge is -2.13. The Morgan fingerprint density at radius 3 is 2.76 bits per heavy atom. The number of halogens is 2. The Kier molecular flexibility index (Phi) is 4.80. The molecule has 4 nitrogen and oxygen atoms in total. The van der Waals surface area contributed by atoms with Crippen LogP contribution >= 0.6 is 15.9 Å². The molecule has 0 aliphatic heterocycles. The molecule has 0 aliphatic rings. The monoisotopic (exact) mass is 351 g/mol. The van der Waals surface area contributed by atoms with E-state index in [4.69, 9.17) is 5.73 Å². The number of anilines is 3. The second-order valence-corrected chi connectivity index (χ2v) is 5.24. The molecule has 0 aliphatic carbocycles. The smallest absolute Gasteiger partial charge is 0.251 e. The van der Waals surface area contributed by atoms with Crippen molar-refractivity contribution in [1.29, 1.82) is 0 Å². The van der Waals surface area contributed by atoms with Crippen molar-refractivity contribution in [2.75, 3.05) is 17.6 Å². The Balaban J connectivity index is 2.35. The average Bonchev–Trinajstić information content (AvgIpc) is 2.45. The van der Waals surface area contributed by atoms with Crippen LogP contribution in [0.3, 0.4) is 0 Å². The highest BCUT2D eigenvalue weighted by Crippen LogP contribution is 2.31. The maximum atomic E-state index is 13.8. The third-order valence-corrected chi connectivity index (χ3v) is 3.54. The number of nitrogens with one attached hydrogen (secondary N) is 2. The molecule has 0 saturated heterocycles. The van der Waals surface area contributed by atoms with E-state index in [1.165, 1.54) is 6.07 Å². The van der Waals surface area contributed by atoms with Gasteiger partial charge in [0.1, 0.15) is 5.82 Å². The molecule has 21 heavy (non-hydrogen) atoms. The van der Waals surface area contributed by atoms with E-state index in [0.717, 1.165) is 0 Å². The minimum absolute atomic E-state index is 0.201. The first-order chi connectivity index (χ1) is 10.0. The van der Waals surface area contributed by atoms with Crippen molar-refractivity contribution in [3.05, 3.63) is 52.3 Å². The van der Waals surface area contributed by atoms with E-state index in [-0.39, 0.29) is 11.6 Å². The van der Waals surface area contributed by atoms with E-state index in [1.807, 2.05) is 6.92 Å². The van der Waals surface area contributed by atoms with E-state index >= 15 is 0 Å². The normalized spacial score (nSPS) is 10.2. The fourth-order valence-corrected chi connectivity index (χ4v) is 2.26. The van der Waals surface area contributed by atoms with Crippen molar-refractivity contribution in [3.8, 4) is 0 Å². The van der Waals surface area contributed by atoms with Crippen LogP contribution in [-0.2, 0) is 0 Å². The first-order valence-corrected chi connectivity index (χ1v) is 7.21. The standard InChI is InChI=1S/C15H15BrFN3O/c1-2-19-15(21)9-6-7-12(18)13(8-9)20-14-10(16)4-3-5-11(14)17/h3-8,20H,2,18H2,1H3,(H,19,21). The van der Waals surface area contributed by atoms with Gasteiger partial charge in [-0.3, -0.25) is 4.79 Å². The highest BCUT2D eigenvalue weighted by atomic mass is 79.9. The van der Waals surface area contributed by atoms with Gasteiger partial charge in [0, 0.05) is 16.6 Å². The summed E-state index contributed by atoms with van der Waals surface area (Å²) in [5.41, 5.74) is 7.52. The van der Waals surface area contributed by atoms with E-state index in [1.54, 1.807) is 30.3 Å². The molecule has 2 aromatic rings. The van der Waals surface area contributed by atoms with Crippen LogP contribution in [-0.4, -0.2) is 12.5 Å². The van der Waals surface area contributed by atoms with Gasteiger partial charge in [0.2, 0.25) is 0 Å². The van der Waals surface area contributed by atoms with Gasteiger partial charge in [0.05, 0.1) is 17.1 Å². The minimum atomic E-state index is -0.410. The Morgan fingerprint density at radius 1 is 1.33 bits per heavy atom.